The Hall–Kier alpha value is -1.00. The summed E-state index contributed by atoms with van der Waals surface area (Å²) in [6, 6.07) is 2.84. The highest BCUT2D eigenvalue weighted by Gasteiger charge is 2.15. The van der Waals surface area contributed by atoms with Crippen LogP contribution in [-0.2, 0) is 4.74 Å². The molecule has 0 saturated carbocycles. The SMILES string of the molecule is CCOCC(Nc1cc(Cl)c(F)cc1N)C(C)C. The minimum atomic E-state index is -0.509. The van der Waals surface area contributed by atoms with Crippen molar-refractivity contribution in [3.05, 3.63) is 23.0 Å². The maximum absolute atomic E-state index is 13.2. The fourth-order valence-corrected chi connectivity index (χ4v) is 1.70. The number of benzene rings is 1. The van der Waals surface area contributed by atoms with Crippen molar-refractivity contribution in [2.45, 2.75) is 26.8 Å². The molecule has 0 bridgehead atoms. The third-order valence-corrected chi connectivity index (χ3v) is 3.03. The highest BCUT2D eigenvalue weighted by Crippen LogP contribution is 2.27. The summed E-state index contributed by atoms with van der Waals surface area (Å²) in [6.45, 7) is 7.34. The zero-order chi connectivity index (χ0) is 13.7. The molecule has 1 aromatic rings. The van der Waals surface area contributed by atoms with Crippen LogP contribution in [0.4, 0.5) is 15.8 Å². The van der Waals surface area contributed by atoms with E-state index in [1.807, 2.05) is 6.92 Å². The largest absolute Gasteiger partial charge is 0.397 e. The van der Waals surface area contributed by atoms with Gasteiger partial charge in [-0.25, -0.2) is 4.39 Å². The molecule has 0 aliphatic carbocycles. The van der Waals surface area contributed by atoms with Gasteiger partial charge in [0.05, 0.1) is 29.0 Å². The number of hydrogen-bond donors (Lipinski definition) is 2. The molecule has 0 heterocycles. The zero-order valence-corrected chi connectivity index (χ0v) is 11.7. The van der Waals surface area contributed by atoms with E-state index in [-0.39, 0.29) is 11.1 Å². The van der Waals surface area contributed by atoms with Gasteiger partial charge in [-0.05, 0) is 18.9 Å². The fourth-order valence-electron chi connectivity index (χ4n) is 1.53. The molecule has 0 amide bonds. The summed E-state index contributed by atoms with van der Waals surface area (Å²) >= 11 is 5.75. The van der Waals surface area contributed by atoms with E-state index >= 15 is 0 Å². The Morgan fingerprint density at radius 3 is 2.67 bits per heavy atom. The molecule has 0 aliphatic rings. The lowest BCUT2D eigenvalue weighted by molar-refractivity contribution is 0.127. The van der Waals surface area contributed by atoms with Crippen LogP contribution in [-0.4, -0.2) is 19.3 Å². The van der Waals surface area contributed by atoms with Gasteiger partial charge in [-0.2, -0.15) is 0 Å². The molecule has 1 atom stereocenters. The topological polar surface area (TPSA) is 47.3 Å². The molecule has 0 aliphatic heterocycles. The lowest BCUT2D eigenvalue weighted by atomic mass is 10.0. The maximum atomic E-state index is 13.2. The van der Waals surface area contributed by atoms with E-state index in [1.54, 1.807) is 0 Å². The van der Waals surface area contributed by atoms with E-state index in [2.05, 4.69) is 19.2 Å². The summed E-state index contributed by atoms with van der Waals surface area (Å²) in [5, 5.41) is 3.31. The average Bonchev–Trinajstić information content (AvgIpc) is 2.30. The van der Waals surface area contributed by atoms with Crippen LogP contribution in [0.3, 0.4) is 0 Å². The molecule has 1 rings (SSSR count). The van der Waals surface area contributed by atoms with Crippen molar-refractivity contribution in [3.63, 3.8) is 0 Å². The standard InChI is InChI=1S/C13H20ClFN2O/c1-4-18-7-13(8(2)3)17-12-5-9(14)10(15)6-11(12)16/h5-6,8,13,17H,4,7,16H2,1-3H3. The van der Waals surface area contributed by atoms with E-state index in [0.717, 1.165) is 0 Å². The van der Waals surface area contributed by atoms with Crippen molar-refractivity contribution in [2.24, 2.45) is 5.92 Å². The number of anilines is 2. The Kier molecular flexibility index (Phi) is 5.69. The van der Waals surface area contributed by atoms with E-state index in [4.69, 9.17) is 22.1 Å². The Labute approximate surface area is 112 Å². The van der Waals surface area contributed by atoms with Gasteiger partial charge in [0, 0.05) is 12.7 Å². The minimum Gasteiger partial charge on any atom is -0.397 e. The summed E-state index contributed by atoms with van der Waals surface area (Å²) in [5.41, 5.74) is 6.75. The molecule has 1 aromatic carbocycles. The summed E-state index contributed by atoms with van der Waals surface area (Å²) < 4.78 is 18.6. The molecule has 3 nitrogen and oxygen atoms in total. The molecule has 0 spiro atoms. The number of ether oxygens (including phenoxy) is 1. The van der Waals surface area contributed by atoms with Crippen LogP contribution >= 0.6 is 11.6 Å². The lowest BCUT2D eigenvalue weighted by Gasteiger charge is -2.24. The highest BCUT2D eigenvalue weighted by atomic mass is 35.5. The average molecular weight is 275 g/mol. The van der Waals surface area contributed by atoms with Crippen molar-refractivity contribution in [2.75, 3.05) is 24.3 Å². The normalized spacial score (nSPS) is 12.8. The molecule has 0 saturated heterocycles. The molecule has 0 fully saturated rings. The number of rotatable bonds is 6. The molecule has 102 valence electrons. The molecule has 18 heavy (non-hydrogen) atoms. The summed E-state index contributed by atoms with van der Waals surface area (Å²) in [6.07, 6.45) is 0. The summed E-state index contributed by atoms with van der Waals surface area (Å²) in [5.74, 6) is -0.148. The van der Waals surface area contributed by atoms with Crippen LogP contribution in [0, 0.1) is 11.7 Å². The first-order valence-corrected chi connectivity index (χ1v) is 6.42. The van der Waals surface area contributed by atoms with Gasteiger partial charge >= 0.3 is 0 Å². The Balaban J connectivity index is 2.83. The predicted molar refractivity (Wildman–Crippen MR) is 74.6 cm³/mol. The smallest absolute Gasteiger partial charge is 0.143 e. The summed E-state index contributed by atoms with van der Waals surface area (Å²) in [4.78, 5) is 0. The second kappa shape index (κ2) is 6.81. The molecular weight excluding hydrogens is 255 g/mol. The Morgan fingerprint density at radius 1 is 1.44 bits per heavy atom. The van der Waals surface area contributed by atoms with Crippen molar-refractivity contribution in [3.8, 4) is 0 Å². The van der Waals surface area contributed by atoms with Gasteiger partial charge in [0.15, 0.2) is 0 Å². The minimum absolute atomic E-state index is 0.0608. The monoisotopic (exact) mass is 274 g/mol. The van der Waals surface area contributed by atoms with Gasteiger partial charge in [0.25, 0.3) is 0 Å². The van der Waals surface area contributed by atoms with Crippen LogP contribution in [0.1, 0.15) is 20.8 Å². The van der Waals surface area contributed by atoms with Crippen LogP contribution in [0.15, 0.2) is 12.1 Å². The number of hydrogen-bond acceptors (Lipinski definition) is 3. The molecule has 0 aromatic heterocycles. The van der Waals surface area contributed by atoms with Gasteiger partial charge in [-0.1, -0.05) is 25.4 Å². The van der Waals surface area contributed by atoms with Crippen molar-refractivity contribution >= 4 is 23.0 Å². The highest BCUT2D eigenvalue weighted by molar-refractivity contribution is 6.31. The lowest BCUT2D eigenvalue weighted by Crippen LogP contribution is -2.31. The quantitative estimate of drug-likeness (QED) is 0.780. The summed E-state index contributed by atoms with van der Waals surface area (Å²) in [7, 11) is 0. The number of nitrogens with one attached hydrogen (secondary N) is 1. The number of nitrogen functional groups attached to an aromatic ring is 1. The number of halogens is 2. The van der Waals surface area contributed by atoms with E-state index in [1.165, 1.54) is 12.1 Å². The second-order valence-corrected chi connectivity index (χ2v) is 4.92. The fraction of sp³-hybridized carbons (Fsp3) is 0.538. The van der Waals surface area contributed by atoms with Crippen molar-refractivity contribution in [1.29, 1.82) is 0 Å². The van der Waals surface area contributed by atoms with Gasteiger partial charge in [-0.15, -0.1) is 0 Å². The first-order chi connectivity index (χ1) is 8.45. The predicted octanol–water partition coefficient (Wildman–Crippen LogP) is 3.53. The first kappa shape index (κ1) is 15.1. The first-order valence-electron chi connectivity index (χ1n) is 6.04. The van der Waals surface area contributed by atoms with Crippen LogP contribution in [0.25, 0.3) is 0 Å². The zero-order valence-electron chi connectivity index (χ0n) is 11.0. The Bertz CT molecular complexity index is 399. The molecule has 0 radical (unpaired) electrons. The van der Waals surface area contributed by atoms with Crippen LogP contribution < -0.4 is 11.1 Å². The Morgan fingerprint density at radius 2 is 2.11 bits per heavy atom. The van der Waals surface area contributed by atoms with Crippen molar-refractivity contribution < 1.29 is 9.13 Å². The molecular formula is C13H20ClFN2O. The van der Waals surface area contributed by atoms with Crippen LogP contribution in [0.5, 0.6) is 0 Å². The van der Waals surface area contributed by atoms with Crippen LogP contribution in [0.2, 0.25) is 5.02 Å². The molecule has 3 N–H and O–H groups in total. The van der Waals surface area contributed by atoms with Gasteiger partial charge in [-0.3, -0.25) is 0 Å². The van der Waals surface area contributed by atoms with E-state index in [0.29, 0.717) is 30.5 Å². The van der Waals surface area contributed by atoms with Gasteiger partial charge in [0.1, 0.15) is 5.82 Å². The van der Waals surface area contributed by atoms with E-state index < -0.39 is 5.82 Å². The van der Waals surface area contributed by atoms with E-state index in [9.17, 15) is 4.39 Å². The van der Waals surface area contributed by atoms with Crippen molar-refractivity contribution in [1.82, 2.24) is 0 Å². The number of nitrogens with two attached hydrogens (primary N) is 1. The third kappa shape index (κ3) is 4.03. The van der Waals surface area contributed by atoms with Gasteiger partial charge < -0.3 is 15.8 Å². The molecule has 1 unspecified atom stereocenters. The van der Waals surface area contributed by atoms with Gasteiger partial charge in [0.2, 0.25) is 0 Å². The third-order valence-electron chi connectivity index (χ3n) is 2.74. The maximum Gasteiger partial charge on any atom is 0.143 e. The second-order valence-electron chi connectivity index (χ2n) is 4.51. The molecule has 5 heteroatoms.